The summed E-state index contributed by atoms with van der Waals surface area (Å²) < 4.78 is 4.89. The highest BCUT2D eigenvalue weighted by molar-refractivity contribution is 5.80. The average molecular weight is 232 g/mol. The smallest absolute Gasteiger partial charge is 0.323 e. The van der Waals surface area contributed by atoms with Crippen LogP contribution in [-0.4, -0.2) is 54.9 Å². The van der Waals surface area contributed by atoms with E-state index in [4.69, 9.17) is 9.84 Å². The number of methoxy groups -OCH3 is 1. The third-order valence-corrected chi connectivity index (χ3v) is 2.12. The molecule has 0 bridgehead atoms. The Morgan fingerprint density at radius 1 is 1.50 bits per heavy atom. The van der Waals surface area contributed by atoms with Crippen LogP contribution in [0.3, 0.4) is 0 Å². The number of nitrogens with zero attached hydrogens (tertiary/aromatic N) is 1. The van der Waals surface area contributed by atoms with Gasteiger partial charge in [0.1, 0.15) is 6.54 Å². The molecule has 0 aliphatic rings. The van der Waals surface area contributed by atoms with Gasteiger partial charge in [0.25, 0.3) is 0 Å². The molecule has 0 heterocycles. The maximum Gasteiger partial charge on any atom is 0.323 e. The van der Waals surface area contributed by atoms with Gasteiger partial charge < -0.3 is 20.1 Å². The minimum absolute atomic E-state index is 0.0321. The fraction of sp³-hybridized carbons (Fsp3) is 0.800. The fourth-order valence-electron chi connectivity index (χ4n) is 1.16. The van der Waals surface area contributed by atoms with Gasteiger partial charge in [0.15, 0.2) is 0 Å². The minimum atomic E-state index is -1.01. The second-order valence-electron chi connectivity index (χ2n) is 3.54. The van der Waals surface area contributed by atoms with Crippen LogP contribution in [0.4, 0.5) is 4.79 Å². The summed E-state index contributed by atoms with van der Waals surface area (Å²) in [5.41, 5.74) is 0. The first-order valence-corrected chi connectivity index (χ1v) is 5.27. The van der Waals surface area contributed by atoms with E-state index in [0.717, 1.165) is 0 Å². The van der Waals surface area contributed by atoms with Crippen molar-refractivity contribution in [2.75, 3.05) is 26.8 Å². The summed E-state index contributed by atoms with van der Waals surface area (Å²) in [6.45, 7) is 4.24. The molecule has 6 nitrogen and oxygen atoms in total. The van der Waals surface area contributed by atoms with Gasteiger partial charge in [-0.25, -0.2) is 4.79 Å². The first kappa shape index (κ1) is 14.7. The summed E-state index contributed by atoms with van der Waals surface area (Å²) in [4.78, 5) is 23.3. The standard InChI is InChI=1S/C10H20N2O4/c1-4-12(7-9(13)14)10(15)11-8(2)5-6-16-3/h8H,4-7H2,1-3H3,(H,11,15)(H,13,14). The van der Waals surface area contributed by atoms with Gasteiger partial charge in [-0.05, 0) is 20.3 Å². The van der Waals surface area contributed by atoms with Gasteiger partial charge in [0, 0.05) is 26.3 Å². The highest BCUT2D eigenvalue weighted by Gasteiger charge is 2.16. The maximum absolute atomic E-state index is 11.6. The predicted octanol–water partition coefficient (Wildman–Crippen LogP) is 0.527. The Morgan fingerprint density at radius 3 is 2.56 bits per heavy atom. The molecule has 94 valence electrons. The number of urea groups is 1. The predicted molar refractivity (Wildman–Crippen MR) is 59.4 cm³/mol. The minimum Gasteiger partial charge on any atom is -0.480 e. The van der Waals surface area contributed by atoms with Crippen LogP contribution in [0.25, 0.3) is 0 Å². The number of aliphatic carboxylic acids is 1. The molecule has 0 aromatic heterocycles. The summed E-state index contributed by atoms with van der Waals surface area (Å²) in [5, 5.41) is 11.3. The quantitative estimate of drug-likeness (QED) is 0.671. The molecule has 2 amide bonds. The van der Waals surface area contributed by atoms with Crippen molar-refractivity contribution in [2.24, 2.45) is 0 Å². The lowest BCUT2D eigenvalue weighted by molar-refractivity contribution is -0.137. The number of carboxylic acid groups (broad SMARTS) is 1. The molecule has 16 heavy (non-hydrogen) atoms. The van der Waals surface area contributed by atoms with E-state index in [9.17, 15) is 9.59 Å². The molecule has 0 aromatic carbocycles. The summed E-state index contributed by atoms with van der Waals surface area (Å²) >= 11 is 0. The topological polar surface area (TPSA) is 78.9 Å². The van der Waals surface area contributed by atoms with Crippen molar-refractivity contribution in [1.82, 2.24) is 10.2 Å². The molecule has 0 aliphatic heterocycles. The van der Waals surface area contributed by atoms with Crippen molar-refractivity contribution < 1.29 is 19.4 Å². The zero-order valence-electron chi connectivity index (χ0n) is 10.0. The van der Waals surface area contributed by atoms with E-state index in [1.54, 1.807) is 14.0 Å². The number of carboxylic acids is 1. The van der Waals surface area contributed by atoms with Gasteiger partial charge in [0.2, 0.25) is 0 Å². The lowest BCUT2D eigenvalue weighted by Crippen LogP contribution is -2.46. The monoisotopic (exact) mass is 232 g/mol. The summed E-state index contributed by atoms with van der Waals surface area (Å²) in [6.07, 6.45) is 0.701. The lowest BCUT2D eigenvalue weighted by atomic mass is 10.2. The molecular formula is C10H20N2O4. The molecule has 1 unspecified atom stereocenters. The van der Waals surface area contributed by atoms with Crippen molar-refractivity contribution in [3.8, 4) is 0 Å². The second-order valence-corrected chi connectivity index (χ2v) is 3.54. The Bertz CT molecular complexity index is 233. The van der Waals surface area contributed by atoms with Crippen molar-refractivity contribution in [3.63, 3.8) is 0 Å². The number of hydrogen-bond acceptors (Lipinski definition) is 3. The molecule has 0 spiro atoms. The van der Waals surface area contributed by atoms with Crippen LogP contribution in [0, 0.1) is 0 Å². The largest absolute Gasteiger partial charge is 0.480 e. The Morgan fingerprint density at radius 2 is 2.12 bits per heavy atom. The van der Waals surface area contributed by atoms with E-state index < -0.39 is 5.97 Å². The summed E-state index contributed by atoms with van der Waals surface area (Å²) in [5.74, 6) is -1.01. The third kappa shape index (κ3) is 6.23. The van der Waals surface area contributed by atoms with Crippen LogP contribution in [0.5, 0.6) is 0 Å². The van der Waals surface area contributed by atoms with Crippen LogP contribution in [-0.2, 0) is 9.53 Å². The zero-order valence-corrected chi connectivity index (χ0v) is 10.0. The van der Waals surface area contributed by atoms with Crippen molar-refractivity contribution >= 4 is 12.0 Å². The number of rotatable bonds is 7. The molecule has 6 heteroatoms. The Kier molecular flexibility index (Phi) is 7.28. The van der Waals surface area contributed by atoms with Gasteiger partial charge in [0.05, 0.1) is 0 Å². The van der Waals surface area contributed by atoms with Gasteiger partial charge in [-0.15, -0.1) is 0 Å². The first-order chi connectivity index (χ1) is 7.51. The van der Waals surface area contributed by atoms with Crippen LogP contribution < -0.4 is 5.32 Å². The van der Waals surface area contributed by atoms with E-state index in [0.29, 0.717) is 19.6 Å². The SMILES string of the molecule is CCN(CC(=O)O)C(=O)NC(C)CCOC. The van der Waals surface area contributed by atoms with Gasteiger partial charge in [-0.2, -0.15) is 0 Å². The number of likely N-dealkylation sites (N-methyl/N-ethyl adjacent to an activating group) is 1. The number of hydrogen-bond donors (Lipinski definition) is 2. The zero-order chi connectivity index (χ0) is 12.6. The number of nitrogens with one attached hydrogen (secondary N) is 1. The van der Waals surface area contributed by atoms with Crippen molar-refractivity contribution in [1.29, 1.82) is 0 Å². The average Bonchev–Trinajstić information content (AvgIpc) is 2.22. The molecule has 2 N–H and O–H groups in total. The van der Waals surface area contributed by atoms with Crippen LogP contribution >= 0.6 is 0 Å². The van der Waals surface area contributed by atoms with E-state index in [-0.39, 0.29) is 18.6 Å². The first-order valence-electron chi connectivity index (χ1n) is 5.27. The van der Waals surface area contributed by atoms with Gasteiger partial charge in [-0.3, -0.25) is 4.79 Å². The lowest BCUT2D eigenvalue weighted by Gasteiger charge is -2.22. The van der Waals surface area contributed by atoms with Crippen LogP contribution in [0.2, 0.25) is 0 Å². The van der Waals surface area contributed by atoms with Crippen LogP contribution in [0.15, 0.2) is 0 Å². The van der Waals surface area contributed by atoms with E-state index in [1.165, 1.54) is 4.90 Å². The third-order valence-electron chi connectivity index (χ3n) is 2.12. The van der Waals surface area contributed by atoms with E-state index >= 15 is 0 Å². The molecule has 0 saturated carbocycles. The van der Waals surface area contributed by atoms with Gasteiger partial charge >= 0.3 is 12.0 Å². The number of carbonyl (C=O) groups excluding carboxylic acids is 1. The normalized spacial score (nSPS) is 11.9. The second kappa shape index (κ2) is 7.92. The molecule has 0 radical (unpaired) electrons. The Balaban J connectivity index is 4.04. The molecule has 0 saturated heterocycles. The highest BCUT2D eigenvalue weighted by atomic mass is 16.5. The number of amides is 2. The van der Waals surface area contributed by atoms with Gasteiger partial charge in [-0.1, -0.05) is 0 Å². The molecule has 0 aromatic rings. The highest BCUT2D eigenvalue weighted by Crippen LogP contribution is 1.95. The maximum atomic E-state index is 11.6. The molecule has 0 fully saturated rings. The van der Waals surface area contributed by atoms with Crippen molar-refractivity contribution in [2.45, 2.75) is 26.3 Å². The number of carbonyl (C=O) groups is 2. The molecule has 1 atom stereocenters. The van der Waals surface area contributed by atoms with E-state index in [2.05, 4.69) is 5.32 Å². The van der Waals surface area contributed by atoms with Crippen molar-refractivity contribution in [3.05, 3.63) is 0 Å². The Hall–Kier alpha value is -1.30. The molecule has 0 aliphatic carbocycles. The molecule has 0 rings (SSSR count). The fourth-order valence-corrected chi connectivity index (χ4v) is 1.16. The molecular weight excluding hydrogens is 212 g/mol. The Labute approximate surface area is 95.6 Å². The van der Waals surface area contributed by atoms with Crippen LogP contribution in [0.1, 0.15) is 20.3 Å². The number of ether oxygens (including phenoxy) is 1. The summed E-state index contributed by atoms with van der Waals surface area (Å²) in [7, 11) is 1.59. The van der Waals surface area contributed by atoms with E-state index in [1.807, 2.05) is 6.92 Å². The summed E-state index contributed by atoms with van der Waals surface area (Å²) in [6, 6.07) is -0.385.